The number of carbonyl (C=O) groups excluding carboxylic acids is 1. The maximum absolute atomic E-state index is 12.7. The summed E-state index contributed by atoms with van der Waals surface area (Å²) in [7, 11) is -3.62. The van der Waals surface area contributed by atoms with Crippen molar-refractivity contribution in [3.63, 3.8) is 0 Å². The molecule has 0 spiro atoms. The molecule has 0 bridgehead atoms. The summed E-state index contributed by atoms with van der Waals surface area (Å²) in [6, 6.07) is 9.61. The maximum Gasteiger partial charge on any atom is 0.261 e. The van der Waals surface area contributed by atoms with Crippen LogP contribution in [0.1, 0.15) is 26.6 Å². The predicted octanol–water partition coefficient (Wildman–Crippen LogP) is 2.92. The van der Waals surface area contributed by atoms with Gasteiger partial charge in [-0.2, -0.15) is 0 Å². The van der Waals surface area contributed by atoms with Gasteiger partial charge < -0.3 is 5.32 Å². The molecule has 3 rings (SSSR count). The fraction of sp³-hybridized carbons (Fsp3) is 0.167. The smallest absolute Gasteiger partial charge is 0.261 e. The molecule has 134 valence electrons. The molecule has 0 aliphatic rings. The van der Waals surface area contributed by atoms with Crippen LogP contribution in [0.2, 0.25) is 0 Å². The number of thiophene rings is 1. The number of carbonyl (C=O) groups is 1. The van der Waals surface area contributed by atoms with Crippen LogP contribution in [0.15, 0.2) is 57.9 Å². The number of aromatic nitrogens is 2. The Labute approximate surface area is 155 Å². The molecule has 0 unspecified atom stereocenters. The first-order chi connectivity index (χ1) is 12.4. The van der Waals surface area contributed by atoms with Crippen LogP contribution in [-0.2, 0) is 16.4 Å². The second-order valence-electron chi connectivity index (χ2n) is 5.77. The van der Waals surface area contributed by atoms with E-state index < -0.39 is 9.84 Å². The van der Waals surface area contributed by atoms with Crippen LogP contribution >= 0.6 is 11.3 Å². The highest BCUT2D eigenvalue weighted by Crippen LogP contribution is 2.28. The van der Waals surface area contributed by atoms with Gasteiger partial charge in [-0.3, -0.25) is 14.8 Å². The number of hydrogen-bond donors (Lipinski definition) is 1. The lowest BCUT2D eigenvalue weighted by Gasteiger charge is -2.03. The number of nitrogens with one attached hydrogen (secondary N) is 1. The first kappa shape index (κ1) is 18.2. The molecular formula is C18H17N3O3S2. The van der Waals surface area contributed by atoms with E-state index in [4.69, 9.17) is 0 Å². The van der Waals surface area contributed by atoms with Crippen LogP contribution in [0, 0.1) is 13.8 Å². The molecule has 0 saturated heterocycles. The summed E-state index contributed by atoms with van der Waals surface area (Å²) < 4.78 is 25.4. The fourth-order valence-electron chi connectivity index (χ4n) is 2.19. The van der Waals surface area contributed by atoms with Crippen LogP contribution in [0.4, 0.5) is 0 Å². The maximum atomic E-state index is 12.7. The van der Waals surface area contributed by atoms with Gasteiger partial charge in [-0.15, -0.1) is 11.3 Å². The van der Waals surface area contributed by atoms with Crippen LogP contribution < -0.4 is 5.32 Å². The van der Waals surface area contributed by atoms with Crippen molar-refractivity contribution in [1.82, 2.24) is 15.3 Å². The summed E-state index contributed by atoms with van der Waals surface area (Å²) in [4.78, 5) is 21.1. The van der Waals surface area contributed by atoms with E-state index in [1.54, 1.807) is 36.7 Å². The minimum absolute atomic E-state index is 0.140. The highest BCUT2D eigenvalue weighted by Gasteiger charge is 2.21. The van der Waals surface area contributed by atoms with Gasteiger partial charge in [0.2, 0.25) is 9.84 Å². The van der Waals surface area contributed by atoms with Gasteiger partial charge in [-0.25, -0.2) is 8.42 Å². The topological polar surface area (TPSA) is 89.0 Å². The average Bonchev–Trinajstić information content (AvgIpc) is 3.12. The van der Waals surface area contributed by atoms with E-state index in [1.807, 2.05) is 13.8 Å². The standard InChI is InChI=1S/C18H17N3O3S2/c1-12-3-5-15(6-4-12)26(23,24)17-8-7-16(25-17)18(22)21-11-14-10-19-13(2)9-20-14/h3-10H,11H2,1-2H3,(H,21,22). The summed E-state index contributed by atoms with van der Waals surface area (Å²) in [6.07, 6.45) is 3.22. The van der Waals surface area contributed by atoms with E-state index in [1.165, 1.54) is 12.1 Å². The number of benzene rings is 1. The van der Waals surface area contributed by atoms with Gasteiger partial charge in [0.15, 0.2) is 0 Å². The lowest BCUT2D eigenvalue weighted by molar-refractivity contribution is 0.0954. The van der Waals surface area contributed by atoms with Crippen molar-refractivity contribution in [2.75, 3.05) is 0 Å². The zero-order valence-electron chi connectivity index (χ0n) is 14.3. The summed E-state index contributed by atoms with van der Waals surface area (Å²) >= 11 is 0.949. The molecule has 3 aromatic rings. The second kappa shape index (κ2) is 7.35. The van der Waals surface area contributed by atoms with Crippen molar-refractivity contribution in [2.45, 2.75) is 29.5 Å². The van der Waals surface area contributed by atoms with Crippen LogP contribution in [0.3, 0.4) is 0 Å². The van der Waals surface area contributed by atoms with Crippen LogP contribution in [0.25, 0.3) is 0 Å². The molecular weight excluding hydrogens is 370 g/mol. The lowest BCUT2D eigenvalue weighted by Crippen LogP contribution is -2.22. The molecule has 26 heavy (non-hydrogen) atoms. The van der Waals surface area contributed by atoms with Gasteiger partial charge >= 0.3 is 0 Å². The molecule has 1 amide bonds. The molecule has 0 aliphatic heterocycles. The van der Waals surface area contributed by atoms with Gasteiger partial charge in [-0.1, -0.05) is 17.7 Å². The van der Waals surface area contributed by atoms with E-state index in [2.05, 4.69) is 15.3 Å². The molecule has 0 aliphatic carbocycles. The van der Waals surface area contributed by atoms with E-state index >= 15 is 0 Å². The van der Waals surface area contributed by atoms with Gasteiger partial charge in [0.1, 0.15) is 4.21 Å². The summed E-state index contributed by atoms with van der Waals surface area (Å²) in [5.74, 6) is -0.345. The Kier molecular flexibility index (Phi) is 5.15. The fourth-order valence-corrected chi connectivity index (χ4v) is 4.81. The third-order valence-electron chi connectivity index (χ3n) is 3.67. The Hall–Kier alpha value is -2.58. The first-order valence-electron chi connectivity index (χ1n) is 7.83. The Morgan fingerprint density at radius 1 is 1.04 bits per heavy atom. The van der Waals surface area contributed by atoms with Gasteiger partial charge in [0.05, 0.1) is 33.9 Å². The van der Waals surface area contributed by atoms with Crippen molar-refractivity contribution in [3.05, 3.63) is 70.6 Å². The molecule has 1 aromatic carbocycles. The molecule has 0 fully saturated rings. The molecule has 0 saturated carbocycles. The van der Waals surface area contributed by atoms with E-state index in [0.717, 1.165) is 22.6 Å². The van der Waals surface area contributed by atoms with Crippen molar-refractivity contribution >= 4 is 27.1 Å². The highest BCUT2D eigenvalue weighted by atomic mass is 32.2. The van der Waals surface area contributed by atoms with Crippen molar-refractivity contribution in [1.29, 1.82) is 0 Å². The average molecular weight is 387 g/mol. The first-order valence-corrected chi connectivity index (χ1v) is 10.1. The number of hydrogen-bond acceptors (Lipinski definition) is 6. The number of aryl methyl sites for hydroxylation is 2. The van der Waals surface area contributed by atoms with Crippen molar-refractivity contribution in [3.8, 4) is 0 Å². The molecule has 1 N–H and O–H groups in total. The molecule has 0 atom stereocenters. The Bertz CT molecular complexity index is 1020. The summed E-state index contributed by atoms with van der Waals surface area (Å²) in [5.41, 5.74) is 2.41. The Morgan fingerprint density at radius 3 is 2.42 bits per heavy atom. The van der Waals surface area contributed by atoms with Crippen LogP contribution in [-0.4, -0.2) is 24.3 Å². The highest BCUT2D eigenvalue weighted by molar-refractivity contribution is 7.93. The van der Waals surface area contributed by atoms with Gasteiger partial charge in [0, 0.05) is 6.20 Å². The van der Waals surface area contributed by atoms with Crippen molar-refractivity contribution < 1.29 is 13.2 Å². The van der Waals surface area contributed by atoms with Crippen LogP contribution in [0.5, 0.6) is 0 Å². The minimum atomic E-state index is -3.62. The van der Waals surface area contributed by atoms with E-state index in [0.29, 0.717) is 10.6 Å². The minimum Gasteiger partial charge on any atom is -0.346 e. The molecule has 8 heteroatoms. The number of nitrogens with zero attached hydrogens (tertiary/aromatic N) is 2. The number of rotatable bonds is 5. The summed E-state index contributed by atoms with van der Waals surface area (Å²) in [6.45, 7) is 3.95. The lowest BCUT2D eigenvalue weighted by atomic mass is 10.2. The third-order valence-corrected chi connectivity index (χ3v) is 7.01. The summed E-state index contributed by atoms with van der Waals surface area (Å²) in [5, 5.41) is 2.72. The van der Waals surface area contributed by atoms with Gasteiger partial charge in [0.25, 0.3) is 5.91 Å². The number of amides is 1. The van der Waals surface area contributed by atoms with E-state index in [-0.39, 0.29) is 21.6 Å². The Morgan fingerprint density at radius 2 is 1.77 bits per heavy atom. The van der Waals surface area contributed by atoms with Crippen molar-refractivity contribution in [2.24, 2.45) is 0 Å². The predicted molar refractivity (Wildman–Crippen MR) is 98.9 cm³/mol. The zero-order chi connectivity index (χ0) is 18.7. The molecule has 2 heterocycles. The molecule has 2 aromatic heterocycles. The monoisotopic (exact) mass is 387 g/mol. The quantitative estimate of drug-likeness (QED) is 0.727. The molecule has 0 radical (unpaired) electrons. The normalized spacial score (nSPS) is 11.3. The third kappa shape index (κ3) is 3.97. The Balaban J connectivity index is 1.73. The second-order valence-corrected chi connectivity index (χ2v) is 9.03. The number of sulfone groups is 1. The molecule has 6 nitrogen and oxygen atoms in total. The van der Waals surface area contributed by atoms with E-state index in [9.17, 15) is 13.2 Å². The van der Waals surface area contributed by atoms with Gasteiger partial charge in [-0.05, 0) is 38.1 Å². The zero-order valence-corrected chi connectivity index (χ0v) is 15.9. The largest absolute Gasteiger partial charge is 0.346 e. The SMILES string of the molecule is Cc1ccc(S(=O)(=O)c2ccc(C(=O)NCc3cnc(C)cn3)s2)cc1.